The average Bonchev–Trinajstić information content (AvgIpc) is 2.73. The monoisotopic (exact) mass is 399 g/mol. The van der Waals surface area contributed by atoms with Gasteiger partial charge in [0.15, 0.2) is 0 Å². The molecule has 6 nitrogen and oxygen atoms in total. The fraction of sp³-hybridized carbons (Fsp3) is 0.565. The first-order chi connectivity index (χ1) is 14.1. The van der Waals surface area contributed by atoms with E-state index in [9.17, 15) is 4.79 Å². The third kappa shape index (κ3) is 5.90. The molecule has 29 heavy (non-hydrogen) atoms. The summed E-state index contributed by atoms with van der Waals surface area (Å²) in [7, 11) is 0. The van der Waals surface area contributed by atoms with Gasteiger partial charge in [-0.25, -0.2) is 9.78 Å². The number of ether oxygens (including phenoxy) is 2. The Balaban J connectivity index is 1.69. The number of rotatable bonds is 9. The van der Waals surface area contributed by atoms with E-state index in [1.807, 2.05) is 38.1 Å². The normalized spacial score (nSPS) is 16.0. The van der Waals surface area contributed by atoms with Gasteiger partial charge in [0, 0.05) is 37.2 Å². The van der Waals surface area contributed by atoms with E-state index >= 15 is 0 Å². The Kier molecular flexibility index (Phi) is 7.83. The van der Waals surface area contributed by atoms with Gasteiger partial charge in [-0.2, -0.15) is 0 Å². The first-order valence-electron chi connectivity index (χ1n) is 10.8. The zero-order valence-corrected chi connectivity index (χ0v) is 17.8. The van der Waals surface area contributed by atoms with Crippen molar-refractivity contribution in [1.29, 1.82) is 0 Å². The molecule has 1 aromatic heterocycles. The van der Waals surface area contributed by atoms with Gasteiger partial charge in [-0.05, 0) is 57.7 Å². The summed E-state index contributed by atoms with van der Waals surface area (Å²) in [5.41, 5.74) is 2.51. The number of pyridine rings is 1. The molecule has 1 unspecified atom stereocenters. The minimum atomic E-state index is -0.335. The molecule has 0 saturated carbocycles. The highest BCUT2D eigenvalue weighted by molar-refractivity contribution is 5.99. The lowest BCUT2D eigenvalue weighted by atomic mass is 10.0. The van der Waals surface area contributed by atoms with Crippen LogP contribution in [0.5, 0.6) is 0 Å². The van der Waals surface area contributed by atoms with Crippen molar-refractivity contribution in [3.05, 3.63) is 35.4 Å². The van der Waals surface area contributed by atoms with E-state index in [1.165, 1.54) is 0 Å². The lowest BCUT2D eigenvalue weighted by Crippen LogP contribution is -2.42. The summed E-state index contributed by atoms with van der Waals surface area (Å²) >= 11 is 0. The quantitative estimate of drug-likeness (QED) is 0.620. The van der Waals surface area contributed by atoms with Gasteiger partial charge >= 0.3 is 5.97 Å². The number of benzene rings is 1. The summed E-state index contributed by atoms with van der Waals surface area (Å²) in [5, 5.41) is 8.09. The molecular formula is C23H33N3O3. The lowest BCUT2D eigenvalue weighted by Gasteiger charge is -2.28. The molecule has 1 aromatic carbocycles. The standard InChI is InChI=1S/C23H33N3O3/c1-4-18(25-19-9-12-28-13-10-19)8-11-24-22-20(23(27)29-5-2)15-17-14-16(3)6-7-21(17)26-22/h6-7,14-15,18-19,25H,4-5,8-13H2,1-3H3,(H,24,26). The number of nitrogens with zero attached hydrogens (tertiary/aromatic N) is 1. The predicted molar refractivity (Wildman–Crippen MR) is 117 cm³/mol. The van der Waals surface area contributed by atoms with E-state index < -0.39 is 0 Å². The molecule has 0 aliphatic carbocycles. The van der Waals surface area contributed by atoms with Crippen LogP contribution in [-0.4, -0.2) is 49.4 Å². The molecule has 1 fully saturated rings. The molecule has 2 aromatic rings. The fourth-order valence-corrected chi connectivity index (χ4v) is 3.76. The molecule has 3 rings (SSSR count). The van der Waals surface area contributed by atoms with Crippen LogP contribution in [0, 0.1) is 6.92 Å². The Morgan fingerprint density at radius 2 is 2.07 bits per heavy atom. The summed E-state index contributed by atoms with van der Waals surface area (Å²) in [4.78, 5) is 17.2. The summed E-state index contributed by atoms with van der Waals surface area (Å²) < 4.78 is 10.7. The second kappa shape index (κ2) is 10.6. The molecule has 158 valence electrons. The smallest absolute Gasteiger partial charge is 0.341 e. The maximum atomic E-state index is 12.5. The van der Waals surface area contributed by atoms with Crippen LogP contribution in [0.4, 0.5) is 5.82 Å². The fourth-order valence-electron chi connectivity index (χ4n) is 3.76. The van der Waals surface area contributed by atoms with Crippen molar-refractivity contribution in [3.8, 4) is 0 Å². The Morgan fingerprint density at radius 3 is 2.79 bits per heavy atom. The van der Waals surface area contributed by atoms with Crippen molar-refractivity contribution in [3.63, 3.8) is 0 Å². The van der Waals surface area contributed by atoms with Crippen molar-refractivity contribution >= 4 is 22.7 Å². The lowest BCUT2D eigenvalue weighted by molar-refractivity contribution is 0.0527. The number of nitrogens with one attached hydrogen (secondary N) is 2. The maximum Gasteiger partial charge on any atom is 0.341 e. The van der Waals surface area contributed by atoms with Gasteiger partial charge in [0.1, 0.15) is 11.4 Å². The molecule has 2 N–H and O–H groups in total. The third-order valence-corrected chi connectivity index (χ3v) is 5.44. The van der Waals surface area contributed by atoms with Crippen molar-refractivity contribution in [1.82, 2.24) is 10.3 Å². The van der Waals surface area contributed by atoms with Gasteiger partial charge in [-0.1, -0.05) is 18.6 Å². The van der Waals surface area contributed by atoms with Gasteiger partial charge in [-0.3, -0.25) is 0 Å². The van der Waals surface area contributed by atoms with Crippen molar-refractivity contribution in [2.24, 2.45) is 0 Å². The molecular weight excluding hydrogens is 366 g/mol. The Bertz CT molecular complexity index is 818. The van der Waals surface area contributed by atoms with Crippen LogP contribution < -0.4 is 10.6 Å². The maximum absolute atomic E-state index is 12.5. The molecule has 1 saturated heterocycles. The minimum absolute atomic E-state index is 0.335. The highest BCUT2D eigenvalue weighted by Gasteiger charge is 2.19. The van der Waals surface area contributed by atoms with Gasteiger partial charge in [-0.15, -0.1) is 0 Å². The summed E-state index contributed by atoms with van der Waals surface area (Å²) in [5.74, 6) is 0.263. The van der Waals surface area contributed by atoms with Crippen LogP contribution >= 0.6 is 0 Å². The summed E-state index contributed by atoms with van der Waals surface area (Å²) in [6, 6.07) is 8.92. The Morgan fingerprint density at radius 1 is 1.28 bits per heavy atom. The number of anilines is 1. The second-order valence-corrected chi connectivity index (χ2v) is 7.68. The van der Waals surface area contributed by atoms with Crippen LogP contribution in [0.1, 0.15) is 55.5 Å². The third-order valence-electron chi connectivity index (χ3n) is 5.44. The number of aryl methyl sites for hydroxylation is 1. The molecule has 0 spiro atoms. The molecule has 1 atom stereocenters. The Hall–Kier alpha value is -2.18. The second-order valence-electron chi connectivity index (χ2n) is 7.68. The zero-order chi connectivity index (χ0) is 20.6. The van der Waals surface area contributed by atoms with E-state index in [2.05, 4.69) is 17.6 Å². The van der Waals surface area contributed by atoms with Gasteiger partial charge in [0.25, 0.3) is 0 Å². The number of hydrogen-bond donors (Lipinski definition) is 2. The van der Waals surface area contributed by atoms with E-state index in [0.29, 0.717) is 30.1 Å². The van der Waals surface area contributed by atoms with Gasteiger partial charge < -0.3 is 20.1 Å². The van der Waals surface area contributed by atoms with Crippen LogP contribution in [0.25, 0.3) is 10.9 Å². The molecule has 0 bridgehead atoms. The van der Waals surface area contributed by atoms with Crippen LogP contribution in [0.3, 0.4) is 0 Å². The zero-order valence-electron chi connectivity index (χ0n) is 17.8. The Labute approximate surface area is 173 Å². The van der Waals surface area contributed by atoms with Crippen molar-refractivity contribution in [2.45, 2.75) is 58.5 Å². The van der Waals surface area contributed by atoms with Crippen LogP contribution in [-0.2, 0) is 9.47 Å². The first-order valence-corrected chi connectivity index (χ1v) is 10.8. The van der Waals surface area contributed by atoms with Gasteiger partial charge in [0.2, 0.25) is 0 Å². The molecule has 1 aliphatic rings. The highest BCUT2D eigenvalue weighted by Crippen LogP contribution is 2.23. The number of carbonyl (C=O) groups is 1. The highest BCUT2D eigenvalue weighted by atomic mass is 16.5. The number of carbonyl (C=O) groups excluding carboxylic acids is 1. The van der Waals surface area contributed by atoms with E-state index in [1.54, 1.807) is 0 Å². The van der Waals surface area contributed by atoms with Crippen molar-refractivity contribution in [2.75, 3.05) is 31.7 Å². The predicted octanol–water partition coefficient (Wildman–Crippen LogP) is 4.07. The van der Waals surface area contributed by atoms with Crippen molar-refractivity contribution < 1.29 is 14.3 Å². The number of esters is 1. The number of aromatic nitrogens is 1. The molecule has 1 aliphatic heterocycles. The summed E-state index contributed by atoms with van der Waals surface area (Å²) in [6.07, 6.45) is 4.17. The minimum Gasteiger partial charge on any atom is -0.462 e. The van der Waals surface area contributed by atoms with E-state index in [0.717, 1.165) is 61.9 Å². The number of hydrogen-bond acceptors (Lipinski definition) is 6. The average molecular weight is 400 g/mol. The molecule has 6 heteroatoms. The SMILES string of the molecule is CCOC(=O)c1cc2cc(C)ccc2nc1NCCC(CC)NC1CCOCC1. The number of fused-ring (bicyclic) bond motifs is 1. The molecule has 2 heterocycles. The van der Waals surface area contributed by atoms with Crippen LogP contribution in [0.15, 0.2) is 24.3 Å². The van der Waals surface area contributed by atoms with E-state index in [4.69, 9.17) is 14.5 Å². The largest absolute Gasteiger partial charge is 0.462 e. The summed E-state index contributed by atoms with van der Waals surface area (Å²) in [6.45, 7) is 8.83. The molecule has 0 amide bonds. The van der Waals surface area contributed by atoms with E-state index in [-0.39, 0.29) is 5.97 Å². The van der Waals surface area contributed by atoms with Gasteiger partial charge in [0.05, 0.1) is 12.1 Å². The molecule has 0 radical (unpaired) electrons. The topological polar surface area (TPSA) is 72.5 Å². The van der Waals surface area contributed by atoms with Crippen LogP contribution in [0.2, 0.25) is 0 Å². The first kappa shape index (κ1) is 21.5.